The van der Waals surface area contributed by atoms with Gasteiger partial charge in [-0.15, -0.1) is 0 Å². The van der Waals surface area contributed by atoms with Crippen LogP contribution in [0.15, 0.2) is 18.2 Å². The molecule has 1 saturated heterocycles. The molecule has 1 aromatic rings. The van der Waals surface area contributed by atoms with E-state index in [0.29, 0.717) is 36.5 Å². The standard InChI is InChI=1S/C18H25ClFN3O2/c1-22(13-14-15(19)7-5-8-16(14)20)18(25)21-10-6-12-23-11-4-2-3-9-17(23)24/h5,7-8H,2-4,6,9-13H2,1H3,(H,21,25). The second-order valence-corrected chi connectivity index (χ2v) is 6.74. The van der Waals surface area contributed by atoms with E-state index in [2.05, 4.69) is 5.32 Å². The number of nitrogens with one attached hydrogen (secondary N) is 1. The molecule has 0 aromatic heterocycles. The van der Waals surface area contributed by atoms with Crippen LogP contribution in [0.3, 0.4) is 0 Å². The van der Waals surface area contributed by atoms with Gasteiger partial charge in [0.25, 0.3) is 0 Å². The molecule has 1 aliphatic heterocycles. The molecule has 2 rings (SSSR count). The van der Waals surface area contributed by atoms with E-state index >= 15 is 0 Å². The predicted molar refractivity (Wildman–Crippen MR) is 95.9 cm³/mol. The lowest BCUT2D eigenvalue weighted by molar-refractivity contribution is -0.130. The summed E-state index contributed by atoms with van der Waals surface area (Å²) in [6, 6.07) is 4.17. The molecular formula is C18H25ClFN3O2. The first-order valence-electron chi connectivity index (χ1n) is 8.68. The largest absolute Gasteiger partial charge is 0.343 e. The highest BCUT2D eigenvalue weighted by atomic mass is 35.5. The normalized spacial score (nSPS) is 15.0. The first kappa shape index (κ1) is 19.5. The van der Waals surface area contributed by atoms with Crippen molar-refractivity contribution in [3.63, 3.8) is 0 Å². The molecule has 25 heavy (non-hydrogen) atoms. The Bertz CT molecular complexity index is 592. The highest BCUT2D eigenvalue weighted by molar-refractivity contribution is 6.31. The van der Waals surface area contributed by atoms with Gasteiger partial charge in [0, 0.05) is 43.7 Å². The van der Waals surface area contributed by atoms with Crippen molar-refractivity contribution in [2.75, 3.05) is 26.7 Å². The molecule has 0 unspecified atom stereocenters. The van der Waals surface area contributed by atoms with E-state index in [0.717, 1.165) is 25.8 Å². The number of rotatable bonds is 6. The van der Waals surface area contributed by atoms with Crippen LogP contribution in [0.2, 0.25) is 5.02 Å². The van der Waals surface area contributed by atoms with E-state index in [-0.39, 0.29) is 18.5 Å². The van der Waals surface area contributed by atoms with Gasteiger partial charge in [-0.3, -0.25) is 4.79 Å². The maximum Gasteiger partial charge on any atom is 0.317 e. The van der Waals surface area contributed by atoms with Gasteiger partial charge in [0.15, 0.2) is 0 Å². The topological polar surface area (TPSA) is 52.7 Å². The van der Waals surface area contributed by atoms with Crippen LogP contribution in [-0.4, -0.2) is 48.4 Å². The third-order valence-electron chi connectivity index (χ3n) is 4.36. The lowest BCUT2D eigenvalue weighted by Gasteiger charge is -2.22. The van der Waals surface area contributed by atoms with Crippen LogP contribution in [0.4, 0.5) is 9.18 Å². The Kier molecular flexibility index (Phi) is 7.50. The van der Waals surface area contributed by atoms with Crippen molar-refractivity contribution in [1.82, 2.24) is 15.1 Å². The number of hydrogen-bond acceptors (Lipinski definition) is 2. The zero-order valence-corrected chi connectivity index (χ0v) is 15.3. The van der Waals surface area contributed by atoms with Gasteiger partial charge in [0.2, 0.25) is 5.91 Å². The monoisotopic (exact) mass is 369 g/mol. The lowest BCUT2D eigenvalue weighted by atomic mass is 10.2. The Hall–Kier alpha value is -1.82. The molecule has 0 atom stereocenters. The summed E-state index contributed by atoms with van der Waals surface area (Å²) in [4.78, 5) is 27.3. The van der Waals surface area contributed by atoms with Crippen LogP contribution in [0, 0.1) is 5.82 Å². The first-order chi connectivity index (χ1) is 12.0. The minimum absolute atomic E-state index is 0.0992. The maximum atomic E-state index is 13.8. The molecule has 0 spiro atoms. The average Bonchev–Trinajstić information content (AvgIpc) is 2.79. The van der Waals surface area contributed by atoms with E-state index in [9.17, 15) is 14.0 Å². The number of likely N-dealkylation sites (tertiary alicyclic amines) is 1. The summed E-state index contributed by atoms with van der Waals surface area (Å²) in [6.07, 6.45) is 4.44. The highest BCUT2D eigenvalue weighted by Crippen LogP contribution is 2.20. The highest BCUT2D eigenvalue weighted by Gasteiger charge is 2.17. The fourth-order valence-electron chi connectivity index (χ4n) is 2.87. The molecule has 3 amide bonds. The molecule has 0 saturated carbocycles. The molecule has 0 aliphatic carbocycles. The average molecular weight is 370 g/mol. The Morgan fingerprint density at radius 3 is 2.92 bits per heavy atom. The fourth-order valence-corrected chi connectivity index (χ4v) is 3.09. The summed E-state index contributed by atoms with van der Waals surface area (Å²) in [5, 5.41) is 3.10. The molecule has 0 radical (unpaired) electrons. The minimum Gasteiger partial charge on any atom is -0.343 e. The van der Waals surface area contributed by atoms with Gasteiger partial charge >= 0.3 is 6.03 Å². The van der Waals surface area contributed by atoms with Crippen molar-refractivity contribution in [3.05, 3.63) is 34.6 Å². The molecule has 1 fully saturated rings. The summed E-state index contributed by atoms with van der Waals surface area (Å²) >= 11 is 5.98. The Morgan fingerprint density at radius 1 is 1.36 bits per heavy atom. The van der Waals surface area contributed by atoms with E-state index in [1.165, 1.54) is 17.0 Å². The van der Waals surface area contributed by atoms with Gasteiger partial charge in [-0.1, -0.05) is 24.1 Å². The van der Waals surface area contributed by atoms with Gasteiger partial charge < -0.3 is 15.1 Å². The van der Waals surface area contributed by atoms with Crippen LogP contribution in [0.1, 0.15) is 37.7 Å². The Morgan fingerprint density at radius 2 is 2.16 bits per heavy atom. The van der Waals surface area contributed by atoms with E-state index in [1.807, 2.05) is 4.90 Å². The number of carbonyl (C=O) groups is 2. The van der Waals surface area contributed by atoms with Gasteiger partial charge in [-0.25, -0.2) is 9.18 Å². The molecule has 5 nitrogen and oxygen atoms in total. The van der Waals surface area contributed by atoms with Crippen LogP contribution >= 0.6 is 11.6 Å². The number of hydrogen-bond donors (Lipinski definition) is 1. The predicted octanol–water partition coefficient (Wildman–Crippen LogP) is 3.41. The van der Waals surface area contributed by atoms with Gasteiger partial charge in [0.05, 0.1) is 6.54 Å². The molecular weight excluding hydrogens is 345 g/mol. The van der Waals surface area contributed by atoms with E-state index in [1.54, 1.807) is 13.1 Å². The minimum atomic E-state index is -0.424. The van der Waals surface area contributed by atoms with Crippen LogP contribution in [-0.2, 0) is 11.3 Å². The van der Waals surface area contributed by atoms with Crippen molar-refractivity contribution >= 4 is 23.5 Å². The summed E-state index contributed by atoms with van der Waals surface area (Å²) < 4.78 is 13.8. The lowest BCUT2D eigenvalue weighted by Crippen LogP contribution is -2.39. The van der Waals surface area contributed by atoms with Crippen molar-refractivity contribution in [2.45, 2.75) is 38.6 Å². The van der Waals surface area contributed by atoms with Crippen LogP contribution in [0.25, 0.3) is 0 Å². The zero-order valence-electron chi connectivity index (χ0n) is 14.6. The maximum absolute atomic E-state index is 13.8. The zero-order chi connectivity index (χ0) is 18.2. The van der Waals surface area contributed by atoms with Gasteiger partial charge in [0.1, 0.15) is 5.82 Å². The molecule has 7 heteroatoms. The number of halogens is 2. The summed E-state index contributed by atoms with van der Waals surface area (Å²) in [6.45, 7) is 2.03. The second-order valence-electron chi connectivity index (χ2n) is 6.33. The Labute approximate surface area is 153 Å². The number of urea groups is 1. The molecule has 1 aromatic carbocycles. The molecule has 0 bridgehead atoms. The molecule has 1 aliphatic rings. The SMILES string of the molecule is CN(Cc1c(F)cccc1Cl)C(=O)NCCCN1CCCCCC1=O. The van der Waals surface area contributed by atoms with Crippen LogP contribution in [0.5, 0.6) is 0 Å². The third-order valence-corrected chi connectivity index (χ3v) is 4.71. The van der Waals surface area contributed by atoms with Gasteiger partial charge in [-0.05, 0) is 31.4 Å². The van der Waals surface area contributed by atoms with Crippen molar-refractivity contribution in [2.24, 2.45) is 0 Å². The molecule has 1 N–H and O–H groups in total. The van der Waals surface area contributed by atoms with Crippen molar-refractivity contribution in [1.29, 1.82) is 0 Å². The summed E-state index contributed by atoms with van der Waals surface area (Å²) in [7, 11) is 1.59. The molecule has 1 heterocycles. The quantitative estimate of drug-likeness (QED) is 0.781. The third kappa shape index (κ3) is 5.88. The van der Waals surface area contributed by atoms with E-state index < -0.39 is 5.82 Å². The smallest absolute Gasteiger partial charge is 0.317 e. The number of nitrogens with zero attached hydrogens (tertiary/aromatic N) is 2. The van der Waals surface area contributed by atoms with E-state index in [4.69, 9.17) is 11.6 Å². The Balaban J connectivity index is 1.73. The first-order valence-corrected chi connectivity index (χ1v) is 9.06. The summed E-state index contributed by atoms with van der Waals surface area (Å²) in [5.41, 5.74) is 0.303. The van der Waals surface area contributed by atoms with Crippen molar-refractivity contribution in [3.8, 4) is 0 Å². The number of benzene rings is 1. The van der Waals surface area contributed by atoms with Crippen molar-refractivity contribution < 1.29 is 14.0 Å². The fraction of sp³-hybridized carbons (Fsp3) is 0.556. The molecule has 138 valence electrons. The van der Waals surface area contributed by atoms with Gasteiger partial charge in [-0.2, -0.15) is 0 Å². The second kappa shape index (κ2) is 9.61. The summed E-state index contributed by atoms with van der Waals surface area (Å²) in [5.74, 6) is -0.220. The number of carbonyl (C=O) groups excluding carboxylic acids is 2. The van der Waals surface area contributed by atoms with Crippen LogP contribution < -0.4 is 5.32 Å². The number of amides is 3.